The predicted octanol–water partition coefficient (Wildman–Crippen LogP) is 1.96. The first-order valence-corrected chi connectivity index (χ1v) is 4.97. The van der Waals surface area contributed by atoms with Crippen LogP contribution in [0, 0.1) is 0 Å². The summed E-state index contributed by atoms with van der Waals surface area (Å²) >= 11 is 0. The topological polar surface area (TPSA) is 55.1 Å². The van der Waals surface area contributed by atoms with Crippen LogP contribution in [0.2, 0.25) is 0 Å². The molecule has 2 aromatic carbocycles. The second kappa shape index (κ2) is 4.59. The highest BCUT2D eigenvalue weighted by molar-refractivity contribution is 5.94. The molecule has 0 heterocycles. The number of benzene rings is 2. The van der Waals surface area contributed by atoms with Crippen molar-refractivity contribution in [2.75, 3.05) is 0 Å². The van der Waals surface area contributed by atoms with Crippen molar-refractivity contribution in [3.63, 3.8) is 0 Å². The standard InChI is InChI=1S/C13H12N2O/c14-15-13(16)12-8-6-11(7-9-12)10-4-2-1-3-5-10/h1-9H,14H2,(H,15,16). The predicted molar refractivity (Wildman–Crippen MR) is 63.5 cm³/mol. The van der Waals surface area contributed by atoms with E-state index in [2.05, 4.69) is 5.43 Å². The molecule has 0 fully saturated rings. The van der Waals surface area contributed by atoms with Crippen LogP contribution in [-0.4, -0.2) is 5.91 Å². The largest absolute Gasteiger partial charge is 0.290 e. The fourth-order valence-electron chi connectivity index (χ4n) is 1.53. The Morgan fingerprint density at radius 2 is 1.44 bits per heavy atom. The summed E-state index contributed by atoms with van der Waals surface area (Å²) in [5.74, 6) is 4.78. The lowest BCUT2D eigenvalue weighted by Crippen LogP contribution is -2.29. The molecular formula is C13H12N2O. The Balaban J connectivity index is 2.30. The second-order valence-electron chi connectivity index (χ2n) is 3.42. The van der Waals surface area contributed by atoms with Gasteiger partial charge in [-0.15, -0.1) is 0 Å². The lowest BCUT2D eigenvalue weighted by atomic mass is 10.0. The lowest BCUT2D eigenvalue weighted by molar-refractivity contribution is 0.0953. The monoisotopic (exact) mass is 212 g/mol. The van der Waals surface area contributed by atoms with E-state index < -0.39 is 0 Å². The molecule has 2 aromatic rings. The molecule has 3 N–H and O–H groups in total. The third-order valence-electron chi connectivity index (χ3n) is 2.39. The minimum Gasteiger partial charge on any atom is -0.290 e. The zero-order valence-electron chi connectivity index (χ0n) is 8.68. The zero-order chi connectivity index (χ0) is 11.4. The number of amides is 1. The molecule has 80 valence electrons. The van der Waals surface area contributed by atoms with Gasteiger partial charge >= 0.3 is 0 Å². The van der Waals surface area contributed by atoms with E-state index in [-0.39, 0.29) is 5.91 Å². The van der Waals surface area contributed by atoms with Gasteiger partial charge in [0, 0.05) is 5.56 Å². The molecule has 0 bridgehead atoms. The maximum atomic E-state index is 11.2. The van der Waals surface area contributed by atoms with Gasteiger partial charge in [-0.25, -0.2) is 5.84 Å². The maximum absolute atomic E-state index is 11.2. The highest BCUT2D eigenvalue weighted by atomic mass is 16.2. The molecule has 3 heteroatoms. The first-order chi connectivity index (χ1) is 7.81. The van der Waals surface area contributed by atoms with Gasteiger partial charge in [-0.05, 0) is 23.3 Å². The van der Waals surface area contributed by atoms with E-state index in [9.17, 15) is 4.79 Å². The fourth-order valence-corrected chi connectivity index (χ4v) is 1.53. The van der Waals surface area contributed by atoms with E-state index in [1.165, 1.54) is 0 Å². The average molecular weight is 212 g/mol. The number of rotatable bonds is 2. The number of nitrogens with two attached hydrogens (primary N) is 1. The van der Waals surface area contributed by atoms with E-state index in [4.69, 9.17) is 5.84 Å². The van der Waals surface area contributed by atoms with Gasteiger partial charge in [0.1, 0.15) is 0 Å². The number of hydrazine groups is 1. The van der Waals surface area contributed by atoms with E-state index >= 15 is 0 Å². The van der Waals surface area contributed by atoms with Gasteiger partial charge in [-0.3, -0.25) is 10.2 Å². The van der Waals surface area contributed by atoms with Crippen molar-refractivity contribution < 1.29 is 4.79 Å². The highest BCUT2D eigenvalue weighted by Gasteiger charge is 2.03. The quantitative estimate of drug-likeness (QED) is 0.454. The molecule has 0 aliphatic carbocycles. The number of hydrogen-bond donors (Lipinski definition) is 2. The van der Waals surface area contributed by atoms with Crippen LogP contribution in [0.4, 0.5) is 0 Å². The third kappa shape index (κ3) is 2.10. The highest BCUT2D eigenvalue weighted by Crippen LogP contribution is 2.18. The lowest BCUT2D eigenvalue weighted by Gasteiger charge is -2.03. The Labute approximate surface area is 93.9 Å². The molecule has 0 aliphatic rings. The van der Waals surface area contributed by atoms with Crippen molar-refractivity contribution in [2.45, 2.75) is 0 Å². The molecule has 2 rings (SSSR count). The van der Waals surface area contributed by atoms with Crippen LogP contribution >= 0.6 is 0 Å². The van der Waals surface area contributed by atoms with Gasteiger partial charge in [0.2, 0.25) is 0 Å². The van der Waals surface area contributed by atoms with Crippen LogP contribution in [-0.2, 0) is 0 Å². The van der Waals surface area contributed by atoms with Gasteiger partial charge in [0.15, 0.2) is 0 Å². The smallest absolute Gasteiger partial charge is 0.265 e. The molecule has 0 radical (unpaired) electrons. The van der Waals surface area contributed by atoms with Gasteiger partial charge in [-0.2, -0.15) is 0 Å². The molecule has 0 aliphatic heterocycles. The normalized spacial score (nSPS) is 9.81. The summed E-state index contributed by atoms with van der Waals surface area (Å²) in [6.45, 7) is 0. The zero-order valence-corrected chi connectivity index (χ0v) is 8.68. The molecule has 0 atom stereocenters. The van der Waals surface area contributed by atoms with Crippen molar-refractivity contribution in [3.05, 3.63) is 60.2 Å². The van der Waals surface area contributed by atoms with Crippen LogP contribution in [0.1, 0.15) is 10.4 Å². The maximum Gasteiger partial charge on any atom is 0.265 e. The van der Waals surface area contributed by atoms with Gasteiger partial charge in [-0.1, -0.05) is 42.5 Å². The molecule has 0 unspecified atom stereocenters. The Kier molecular flexibility index (Phi) is 2.98. The van der Waals surface area contributed by atoms with Gasteiger partial charge in [0.25, 0.3) is 5.91 Å². The first-order valence-electron chi connectivity index (χ1n) is 4.97. The number of hydrogen-bond acceptors (Lipinski definition) is 2. The molecule has 0 spiro atoms. The first kappa shape index (κ1) is 10.4. The SMILES string of the molecule is NNC(=O)c1ccc(-c2ccccc2)cc1. The average Bonchev–Trinajstić information content (AvgIpc) is 2.39. The van der Waals surface area contributed by atoms with E-state index in [1.807, 2.05) is 42.5 Å². The van der Waals surface area contributed by atoms with Crippen LogP contribution < -0.4 is 11.3 Å². The van der Waals surface area contributed by atoms with Crippen LogP contribution in [0.25, 0.3) is 11.1 Å². The Bertz CT molecular complexity index is 477. The summed E-state index contributed by atoms with van der Waals surface area (Å²) in [5, 5.41) is 0. The van der Waals surface area contributed by atoms with Crippen molar-refractivity contribution >= 4 is 5.91 Å². The Morgan fingerprint density at radius 1 is 0.875 bits per heavy atom. The minimum atomic E-state index is -0.278. The molecule has 0 saturated carbocycles. The van der Waals surface area contributed by atoms with Gasteiger partial charge in [0.05, 0.1) is 0 Å². The number of carbonyl (C=O) groups excluding carboxylic acids is 1. The number of nitrogens with one attached hydrogen (secondary N) is 1. The molecule has 3 nitrogen and oxygen atoms in total. The molecule has 1 amide bonds. The summed E-state index contributed by atoms with van der Waals surface area (Å²) in [7, 11) is 0. The van der Waals surface area contributed by atoms with Crippen molar-refractivity contribution in [1.82, 2.24) is 5.43 Å². The van der Waals surface area contributed by atoms with Crippen LogP contribution in [0.5, 0.6) is 0 Å². The molecule has 0 saturated heterocycles. The van der Waals surface area contributed by atoms with E-state index in [0.29, 0.717) is 5.56 Å². The summed E-state index contributed by atoms with van der Waals surface area (Å²) in [4.78, 5) is 11.2. The molecular weight excluding hydrogens is 200 g/mol. The van der Waals surface area contributed by atoms with Crippen molar-refractivity contribution in [1.29, 1.82) is 0 Å². The minimum absolute atomic E-state index is 0.278. The van der Waals surface area contributed by atoms with Crippen molar-refractivity contribution in [3.8, 4) is 11.1 Å². The Morgan fingerprint density at radius 3 is 2.00 bits per heavy atom. The summed E-state index contributed by atoms with van der Waals surface area (Å²) in [5.41, 5.74) is 4.86. The van der Waals surface area contributed by atoms with Crippen molar-refractivity contribution in [2.24, 2.45) is 5.84 Å². The van der Waals surface area contributed by atoms with Gasteiger partial charge < -0.3 is 0 Å². The summed E-state index contributed by atoms with van der Waals surface area (Å²) < 4.78 is 0. The molecule has 16 heavy (non-hydrogen) atoms. The third-order valence-corrected chi connectivity index (χ3v) is 2.39. The van der Waals surface area contributed by atoms with Crippen LogP contribution in [0.15, 0.2) is 54.6 Å². The second-order valence-corrected chi connectivity index (χ2v) is 3.42. The number of nitrogen functional groups attached to an aromatic ring is 1. The number of carbonyl (C=O) groups is 1. The van der Waals surface area contributed by atoms with E-state index in [0.717, 1.165) is 11.1 Å². The Hall–Kier alpha value is -2.13. The summed E-state index contributed by atoms with van der Waals surface area (Å²) in [6, 6.07) is 17.3. The fraction of sp³-hybridized carbons (Fsp3) is 0. The van der Waals surface area contributed by atoms with Crippen LogP contribution in [0.3, 0.4) is 0 Å². The molecule has 0 aromatic heterocycles. The summed E-state index contributed by atoms with van der Waals surface area (Å²) in [6.07, 6.45) is 0. The van der Waals surface area contributed by atoms with E-state index in [1.54, 1.807) is 12.1 Å².